The van der Waals surface area contributed by atoms with Gasteiger partial charge in [0.05, 0.1) is 28.2 Å². The zero-order valence-corrected chi connectivity index (χ0v) is 18.5. The molecule has 160 valence electrons. The molecule has 0 heterocycles. The molecule has 3 rings (SSSR count). The topological polar surface area (TPSA) is 65.8 Å². The number of anilines is 1. The van der Waals surface area contributed by atoms with Crippen LogP contribution in [-0.2, 0) is 0 Å². The van der Waals surface area contributed by atoms with Crippen LogP contribution < -0.4 is 10.9 Å². The Morgan fingerprint density at radius 1 is 0.688 bits per heavy atom. The van der Waals surface area contributed by atoms with Crippen LogP contribution in [0.25, 0.3) is 12.2 Å². The highest BCUT2D eigenvalue weighted by Crippen LogP contribution is 2.12. The van der Waals surface area contributed by atoms with Gasteiger partial charge in [0.1, 0.15) is 0 Å². The van der Waals surface area contributed by atoms with Crippen LogP contribution in [0.3, 0.4) is 0 Å². The zero-order valence-electron chi connectivity index (χ0n) is 17.0. The molecule has 0 aliphatic heterocycles. The molecule has 0 saturated heterocycles. The predicted molar refractivity (Wildman–Crippen MR) is 135 cm³/mol. The number of nitrogens with zero attached hydrogens (tertiary/aromatic N) is 2. The van der Waals surface area contributed by atoms with Crippen LogP contribution in [0.4, 0.5) is 5.69 Å². The SMILES string of the molecule is O=C(N/N=C/C(Cl)=C\c1ccccc1)c1ccc(N/N=C/C(Cl)=C/c2ccccc2)cc1. The van der Waals surface area contributed by atoms with E-state index < -0.39 is 0 Å². The Labute approximate surface area is 196 Å². The number of hydrogen-bond donors (Lipinski definition) is 2. The van der Waals surface area contributed by atoms with Crippen LogP contribution in [0.5, 0.6) is 0 Å². The van der Waals surface area contributed by atoms with Crippen molar-refractivity contribution in [1.29, 1.82) is 0 Å². The number of amides is 1. The number of carbonyl (C=O) groups is 1. The van der Waals surface area contributed by atoms with Gasteiger partial charge in [0.25, 0.3) is 5.91 Å². The van der Waals surface area contributed by atoms with Crippen molar-refractivity contribution in [2.24, 2.45) is 10.2 Å². The van der Waals surface area contributed by atoms with Crippen molar-refractivity contribution < 1.29 is 4.79 Å². The Balaban J connectivity index is 1.49. The fourth-order valence-electron chi connectivity index (χ4n) is 2.57. The van der Waals surface area contributed by atoms with Crippen LogP contribution >= 0.6 is 23.2 Å². The van der Waals surface area contributed by atoms with Gasteiger partial charge in [-0.05, 0) is 47.5 Å². The van der Waals surface area contributed by atoms with Crippen molar-refractivity contribution in [3.05, 3.63) is 112 Å². The minimum atomic E-state index is -0.352. The minimum absolute atomic E-state index is 0.352. The molecule has 0 radical (unpaired) electrons. The summed E-state index contributed by atoms with van der Waals surface area (Å²) in [7, 11) is 0. The molecule has 3 aromatic carbocycles. The molecule has 0 aliphatic rings. The van der Waals surface area contributed by atoms with Crippen molar-refractivity contribution in [3.63, 3.8) is 0 Å². The van der Waals surface area contributed by atoms with E-state index in [-0.39, 0.29) is 5.91 Å². The Morgan fingerprint density at radius 3 is 1.72 bits per heavy atom. The van der Waals surface area contributed by atoms with E-state index in [1.165, 1.54) is 12.4 Å². The van der Waals surface area contributed by atoms with E-state index in [1.54, 1.807) is 30.3 Å². The largest absolute Gasteiger partial charge is 0.278 e. The average Bonchev–Trinajstić information content (AvgIpc) is 2.81. The molecule has 5 nitrogen and oxygen atoms in total. The summed E-state index contributed by atoms with van der Waals surface area (Å²) in [6.45, 7) is 0. The van der Waals surface area contributed by atoms with E-state index >= 15 is 0 Å². The summed E-state index contributed by atoms with van der Waals surface area (Å²) in [5, 5.41) is 8.86. The van der Waals surface area contributed by atoms with Gasteiger partial charge in [-0.2, -0.15) is 10.2 Å². The van der Waals surface area contributed by atoms with Crippen LogP contribution in [0, 0.1) is 0 Å². The quantitative estimate of drug-likeness (QED) is 0.302. The van der Waals surface area contributed by atoms with Crippen molar-refractivity contribution >= 4 is 59.4 Å². The number of nitrogens with one attached hydrogen (secondary N) is 2. The summed E-state index contributed by atoms with van der Waals surface area (Å²) in [5.41, 5.74) is 8.39. The second-order valence-corrected chi connectivity index (χ2v) is 7.40. The summed E-state index contributed by atoms with van der Waals surface area (Å²) in [6, 6.07) is 26.1. The monoisotopic (exact) mass is 462 g/mol. The van der Waals surface area contributed by atoms with Gasteiger partial charge >= 0.3 is 0 Å². The number of rotatable bonds is 8. The molecule has 0 bridgehead atoms. The minimum Gasteiger partial charge on any atom is -0.278 e. The highest BCUT2D eigenvalue weighted by Gasteiger charge is 2.03. The summed E-state index contributed by atoms with van der Waals surface area (Å²) in [4.78, 5) is 12.2. The van der Waals surface area contributed by atoms with Crippen LogP contribution in [0.1, 0.15) is 21.5 Å². The summed E-state index contributed by atoms with van der Waals surface area (Å²) in [6.07, 6.45) is 6.45. The maximum absolute atomic E-state index is 12.2. The zero-order chi connectivity index (χ0) is 22.6. The maximum Gasteiger partial charge on any atom is 0.271 e. The van der Waals surface area contributed by atoms with E-state index in [9.17, 15) is 4.79 Å². The molecule has 32 heavy (non-hydrogen) atoms. The molecular formula is C25H20Cl2N4O. The van der Waals surface area contributed by atoms with Crippen molar-refractivity contribution in [1.82, 2.24) is 5.43 Å². The van der Waals surface area contributed by atoms with Crippen molar-refractivity contribution in [2.75, 3.05) is 5.43 Å². The van der Waals surface area contributed by atoms with Gasteiger partial charge < -0.3 is 0 Å². The molecule has 0 spiro atoms. The van der Waals surface area contributed by atoms with E-state index in [2.05, 4.69) is 21.1 Å². The molecule has 0 fully saturated rings. The second-order valence-electron chi connectivity index (χ2n) is 6.53. The van der Waals surface area contributed by atoms with Crippen LogP contribution in [0.2, 0.25) is 0 Å². The lowest BCUT2D eigenvalue weighted by molar-refractivity contribution is 0.0955. The van der Waals surface area contributed by atoms with Gasteiger partial charge in [-0.1, -0.05) is 83.9 Å². The Kier molecular flexibility index (Phi) is 8.80. The number of hydrogen-bond acceptors (Lipinski definition) is 4. The number of carbonyl (C=O) groups excluding carboxylic acids is 1. The van der Waals surface area contributed by atoms with E-state index in [1.807, 2.05) is 66.7 Å². The third-order valence-electron chi connectivity index (χ3n) is 4.09. The van der Waals surface area contributed by atoms with Gasteiger partial charge in [0, 0.05) is 5.56 Å². The van der Waals surface area contributed by atoms with E-state index in [0.29, 0.717) is 21.3 Å². The third-order valence-corrected chi connectivity index (χ3v) is 4.50. The third kappa shape index (κ3) is 7.87. The van der Waals surface area contributed by atoms with Crippen molar-refractivity contribution in [2.45, 2.75) is 0 Å². The molecule has 0 atom stereocenters. The highest BCUT2D eigenvalue weighted by atomic mass is 35.5. The first-order chi connectivity index (χ1) is 15.6. The lowest BCUT2D eigenvalue weighted by Gasteiger charge is -2.03. The molecule has 2 N–H and O–H groups in total. The Morgan fingerprint density at radius 2 is 1.19 bits per heavy atom. The van der Waals surface area contributed by atoms with E-state index in [0.717, 1.165) is 11.1 Å². The Hall–Kier alpha value is -3.67. The number of halogens is 2. The fraction of sp³-hybridized carbons (Fsp3) is 0. The summed E-state index contributed by atoms with van der Waals surface area (Å²) >= 11 is 12.3. The highest BCUT2D eigenvalue weighted by molar-refractivity contribution is 6.41. The Bertz CT molecular complexity index is 1140. The first kappa shape index (κ1) is 23.0. The van der Waals surface area contributed by atoms with Crippen molar-refractivity contribution in [3.8, 4) is 0 Å². The van der Waals surface area contributed by atoms with Crippen LogP contribution in [-0.4, -0.2) is 18.3 Å². The number of benzene rings is 3. The smallest absolute Gasteiger partial charge is 0.271 e. The normalized spacial score (nSPS) is 12.3. The van der Waals surface area contributed by atoms with Gasteiger partial charge in [-0.25, -0.2) is 5.43 Å². The average molecular weight is 463 g/mol. The summed E-state index contributed by atoms with van der Waals surface area (Å²) in [5.74, 6) is -0.352. The maximum atomic E-state index is 12.2. The lowest BCUT2D eigenvalue weighted by atomic mass is 10.2. The van der Waals surface area contributed by atoms with Gasteiger partial charge in [0.2, 0.25) is 0 Å². The lowest BCUT2D eigenvalue weighted by Crippen LogP contribution is -2.17. The number of allylic oxidation sites excluding steroid dienone is 2. The van der Waals surface area contributed by atoms with E-state index in [4.69, 9.17) is 23.2 Å². The molecule has 0 aliphatic carbocycles. The standard InChI is InChI=1S/C25H20Cl2N4O/c26-22(15-19-7-3-1-4-8-19)17-28-30-24-13-11-21(12-14-24)25(32)31-29-18-23(27)16-20-9-5-2-6-10-20/h1-18,30H,(H,31,32)/b22-15-,23-16+,28-17+,29-18+. The van der Waals surface area contributed by atoms with Gasteiger partial charge in [-0.3, -0.25) is 10.2 Å². The molecule has 3 aromatic rings. The predicted octanol–water partition coefficient (Wildman–Crippen LogP) is 6.36. The van der Waals surface area contributed by atoms with Gasteiger partial charge in [0.15, 0.2) is 0 Å². The molecule has 7 heteroatoms. The molecule has 0 aromatic heterocycles. The van der Waals surface area contributed by atoms with Gasteiger partial charge in [-0.15, -0.1) is 0 Å². The molecule has 0 saturated carbocycles. The summed E-state index contributed by atoms with van der Waals surface area (Å²) < 4.78 is 0. The first-order valence-corrected chi connectivity index (χ1v) is 10.4. The first-order valence-electron chi connectivity index (χ1n) is 9.67. The van der Waals surface area contributed by atoms with Crippen LogP contribution in [0.15, 0.2) is 105 Å². The molecule has 1 amide bonds. The second kappa shape index (κ2) is 12.2. The fourth-order valence-corrected chi connectivity index (χ4v) is 2.92. The number of hydrazone groups is 2. The molecular weight excluding hydrogens is 443 g/mol. The molecule has 0 unspecified atom stereocenters.